The molecule has 0 saturated heterocycles. The molecule has 0 saturated carbocycles. The van der Waals surface area contributed by atoms with E-state index in [9.17, 15) is 8.42 Å². The van der Waals surface area contributed by atoms with Crippen LogP contribution in [0.15, 0.2) is 17.0 Å². The first-order valence-electron chi connectivity index (χ1n) is 5.92. The smallest absolute Gasteiger partial charge is 0.242 e. The normalized spacial score (nSPS) is 13.4. The second-order valence-corrected chi connectivity index (χ2v) is 6.84. The lowest BCUT2D eigenvalue weighted by atomic mass is 10.2. The van der Waals surface area contributed by atoms with Crippen molar-refractivity contribution in [1.82, 2.24) is 4.72 Å². The van der Waals surface area contributed by atoms with Gasteiger partial charge in [0.15, 0.2) is 0 Å². The van der Waals surface area contributed by atoms with E-state index in [0.29, 0.717) is 13.0 Å². The Morgan fingerprint density at radius 1 is 1.40 bits per heavy atom. The number of rotatable bonds is 7. The highest BCUT2D eigenvalue weighted by molar-refractivity contribution is 7.89. The molecule has 0 bridgehead atoms. The predicted molar refractivity (Wildman–Crippen MR) is 78.7 cm³/mol. The van der Waals surface area contributed by atoms with Gasteiger partial charge in [0.1, 0.15) is 4.90 Å². The highest BCUT2D eigenvalue weighted by Gasteiger charge is 2.22. The predicted octanol–water partition coefficient (Wildman–Crippen LogP) is 2.19. The quantitative estimate of drug-likeness (QED) is 0.796. The Labute approximate surface area is 128 Å². The lowest BCUT2D eigenvalue weighted by Gasteiger charge is -2.16. The van der Waals surface area contributed by atoms with Gasteiger partial charge in [-0.05, 0) is 31.0 Å². The molecular formula is C12H17Cl2NO4S. The van der Waals surface area contributed by atoms with Crippen LogP contribution in [0.2, 0.25) is 10.0 Å². The largest absolute Gasteiger partial charge is 0.392 e. The summed E-state index contributed by atoms with van der Waals surface area (Å²) in [6, 6.07) is 2.37. The van der Waals surface area contributed by atoms with Crippen molar-refractivity contribution in [3.8, 4) is 0 Å². The molecule has 0 heterocycles. The lowest BCUT2D eigenvalue weighted by molar-refractivity contribution is 0.188. The maximum atomic E-state index is 12.3. The fourth-order valence-corrected chi connectivity index (χ4v) is 3.81. The van der Waals surface area contributed by atoms with E-state index in [1.54, 1.807) is 14.0 Å². The first-order valence-corrected chi connectivity index (χ1v) is 8.15. The van der Waals surface area contributed by atoms with E-state index >= 15 is 0 Å². The third-order valence-corrected chi connectivity index (χ3v) is 5.04. The topological polar surface area (TPSA) is 75.6 Å². The van der Waals surface area contributed by atoms with Crippen molar-refractivity contribution in [3.63, 3.8) is 0 Å². The van der Waals surface area contributed by atoms with E-state index in [1.165, 1.54) is 12.1 Å². The maximum Gasteiger partial charge on any atom is 0.242 e. The first-order chi connectivity index (χ1) is 9.31. The summed E-state index contributed by atoms with van der Waals surface area (Å²) in [5.41, 5.74) is 0.268. The third-order valence-electron chi connectivity index (χ3n) is 2.65. The molecule has 1 unspecified atom stereocenters. The van der Waals surface area contributed by atoms with Gasteiger partial charge in [-0.15, -0.1) is 0 Å². The molecule has 0 aliphatic rings. The molecule has 5 nitrogen and oxygen atoms in total. The van der Waals surface area contributed by atoms with E-state index in [1.807, 2.05) is 0 Å². The third kappa shape index (κ3) is 4.58. The molecule has 0 aromatic heterocycles. The molecule has 1 aromatic carbocycles. The average molecular weight is 342 g/mol. The summed E-state index contributed by atoms with van der Waals surface area (Å²) in [5.74, 6) is 0. The maximum absolute atomic E-state index is 12.3. The van der Waals surface area contributed by atoms with Gasteiger partial charge in [0.05, 0.1) is 11.6 Å². The summed E-state index contributed by atoms with van der Waals surface area (Å²) >= 11 is 11.8. The highest BCUT2D eigenvalue weighted by Crippen LogP contribution is 2.29. The Hall–Kier alpha value is -0.370. The number of benzene rings is 1. The molecule has 0 radical (unpaired) electrons. The molecule has 0 fully saturated rings. The summed E-state index contributed by atoms with van der Waals surface area (Å²) in [4.78, 5) is -0.139. The van der Waals surface area contributed by atoms with Gasteiger partial charge in [-0.3, -0.25) is 0 Å². The average Bonchev–Trinajstić information content (AvgIpc) is 2.37. The van der Waals surface area contributed by atoms with Crippen LogP contribution < -0.4 is 4.72 Å². The van der Waals surface area contributed by atoms with Gasteiger partial charge in [-0.25, -0.2) is 13.1 Å². The zero-order valence-electron chi connectivity index (χ0n) is 11.2. The Bertz CT molecular complexity index is 563. The van der Waals surface area contributed by atoms with Gasteiger partial charge in [0, 0.05) is 24.8 Å². The molecule has 0 aliphatic heterocycles. The Balaban J connectivity index is 3.06. The zero-order chi connectivity index (χ0) is 15.3. The van der Waals surface area contributed by atoms with Gasteiger partial charge < -0.3 is 9.84 Å². The van der Waals surface area contributed by atoms with Gasteiger partial charge in [0.2, 0.25) is 10.0 Å². The summed E-state index contributed by atoms with van der Waals surface area (Å²) in [7, 11) is -2.26. The standard InChI is InChI=1S/C12H17Cl2NO4S/c1-8(3-4-19-2)15-20(17,18)11-6-10(13)5-9(7-16)12(11)14/h5-6,8,15-16H,3-4,7H2,1-2H3. The second-order valence-electron chi connectivity index (χ2n) is 4.34. The minimum Gasteiger partial charge on any atom is -0.392 e. The second kappa shape index (κ2) is 7.59. The zero-order valence-corrected chi connectivity index (χ0v) is 13.5. The van der Waals surface area contributed by atoms with Crippen molar-refractivity contribution < 1.29 is 18.3 Å². The molecular weight excluding hydrogens is 325 g/mol. The fraction of sp³-hybridized carbons (Fsp3) is 0.500. The van der Waals surface area contributed by atoms with Gasteiger partial charge in [-0.1, -0.05) is 23.2 Å². The fourth-order valence-electron chi connectivity index (χ4n) is 1.61. The molecule has 1 atom stereocenters. The number of hydrogen-bond donors (Lipinski definition) is 2. The number of ether oxygens (including phenoxy) is 1. The van der Waals surface area contributed by atoms with Gasteiger partial charge in [-0.2, -0.15) is 0 Å². The van der Waals surface area contributed by atoms with E-state index in [-0.39, 0.29) is 33.2 Å². The summed E-state index contributed by atoms with van der Waals surface area (Å²) in [6.07, 6.45) is 0.529. The number of sulfonamides is 1. The van der Waals surface area contributed by atoms with Crippen molar-refractivity contribution >= 4 is 33.2 Å². The van der Waals surface area contributed by atoms with E-state index < -0.39 is 10.0 Å². The number of hydrogen-bond acceptors (Lipinski definition) is 4. The van der Waals surface area contributed by atoms with Crippen LogP contribution >= 0.6 is 23.2 Å². The van der Waals surface area contributed by atoms with Crippen LogP contribution in [0, 0.1) is 0 Å². The molecule has 20 heavy (non-hydrogen) atoms. The molecule has 0 amide bonds. The van der Waals surface area contributed by atoms with Crippen LogP contribution in [-0.4, -0.2) is 33.3 Å². The SMILES string of the molecule is COCCC(C)NS(=O)(=O)c1cc(Cl)cc(CO)c1Cl. The van der Waals surface area contributed by atoms with Crippen molar-refractivity contribution in [3.05, 3.63) is 27.7 Å². The van der Waals surface area contributed by atoms with E-state index in [0.717, 1.165) is 0 Å². The minimum absolute atomic E-state index is 0.0247. The Morgan fingerprint density at radius 2 is 2.05 bits per heavy atom. The minimum atomic E-state index is -3.81. The van der Waals surface area contributed by atoms with Crippen LogP contribution in [-0.2, 0) is 21.4 Å². The van der Waals surface area contributed by atoms with Crippen LogP contribution in [0.3, 0.4) is 0 Å². The van der Waals surface area contributed by atoms with Crippen LogP contribution in [0.1, 0.15) is 18.9 Å². The molecule has 114 valence electrons. The Kier molecular flexibility index (Phi) is 6.71. The molecule has 0 aliphatic carbocycles. The summed E-state index contributed by atoms with van der Waals surface area (Å²) in [5, 5.41) is 9.33. The number of nitrogens with one attached hydrogen (secondary N) is 1. The molecule has 1 aromatic rings. The first kappa shape index (κ1) is 17.7. The van der Waals surface area contributed by atoms with Crippen molar-refractivity contribution in [2.45, 2.75) is 30.9 Å². The molecule has 8 heteroatoms. The summed E-state index contributed by atoms with van der Waals surface area (Å²) < 4.78 is 31.9. The van der Waals surface area contributed by atoms with Gasteiger partial charge >= 0.3 is 0 Å². The molecule has 1 rings (SSSR count). The monoisotopic (exact) mass is 341 g/mol. The van der Waals surface area contributed by atoms with Crippen molar-refractivity contribution in [1.29, 1.82) is 0 Å². The van der Waals surface area contributed by atoms with Crippen molar-refractivity contribution in [2.75, 3.05) is 13.7 Å². The van der Waals surface area contributed by atoms with Crippen LogP contribution in [0.25, 0.3) is 0 Å². The lowest BCUT2D eigenvalue weighted by Crippen LogP contribution is -2.33. The number of aliphatic hydroxyl groups is 1. The molecule has 0 spiro atoms. The highest BCUT2D eigenvalue weighted by atomic mass is 35.5. The molecule has 2 N–H and O–H groups in total. The van der Waals surface area contributed by atoms with E-state index in [2.05, 4.69) is 4.72 Å². The van der Waals surface area contributed by atoms with Crippen LogP contribution in [0.4, 0.5) is 0 Å². The Morgan fingerprint density at radius 3 is 2.60 bits per heavy atom. The van der Waals surface area contributed by atoms with Crippen LogP contribution in [0.5, 0.6) is 0 Å². The van der Waals surface area contributed by atoms with Crippen molar-refractivity contribution in [2.24, 2.45) is 0 Å². The number of aliphatic hydroxyl groups excluding tert-OH is 1. The van der Waals surface area contributed by atoms with Gasteiger partial charge in [0.25, 0.3) is 0 Å². The van der Waals surface area contributed by atoms with E-state index in [4.69, 9.17) is 33.0 Å². The number of methoxy groups -OCH3 is 1. The number of halogens is 2. The summed E-state index contributed by atoms with van der Waals surface area (Å²) in [6.45, 7) is 1.78.